The molecule has 0 atom stereocenters. The Hall–Kier alpha value is -3.15. The number of amides is 3. The van der Waals surface area contributed by atoms with Gasteiger partial charge in [0, 0.05) is 24.0 Å². The van der Waals surface area contributed by atoms with Crippen molar-refractivity contribution in [3.63, 3.8) is 0 Å². The highest BCUT2D eigenvalue weighted by molar-refractivity contribution is 6.08. The van der Waals surface area contributed by atoms with Crippen molar-refractivity contribution >= 4 is 34.8 Å². The Morgan fingerprint density at radius 2 is 1.08 bits per heavy atom. The van der Waals surface area contributed by atoms with E-state index < -0.39 is 5.91 Å². The number of anilines is 3. The molecule has 2 rings (SSSR count). The summed E-state index contributed by atoms with van der Waals surface area (Å²) in [5.74, 6) is -0.960. The molecule has 0 radical (unpaired) electrons. The van der Waals surface area contributed by atoms with Crippen molar-refractivity contribution in [2.75, 3.05) is 16.0 Å². The first kappa shape index (κ1) is 17.2. The topological polar surface area (TPSA) is 87.3 Å². The van der Waals surface area contributed by atoms with Crippen LogP contribution in [0.25, 0.3) is 0 Å². The van der Waals surface area contributed by atoms with E-state index in [4.69, 9.17) is 0 Å². The van der Waals surface area contributed by atoms with Crippen LogP contribution in [-0.2, 0) is 14.4 Å². The largest absolute Gasteiger partial charge is 0.326 e. The van der Waals surface area contributed by atoms with Crippen LogP contribution in [0.4, 0.5) is 17.1 Å². The zero-order valence-electron chi connectivity index (χ0n) is 13.6. The number of benzene rings is 2. The first-order valence-corrected chi connectivity index (χ1v) is 7.46. The molecule has 6 heteroatoms. The van der Waals surface area contributed by atoms with Gasteiger partial charge in [0.1, 0.15) is 6.42 Å². The number of nitrogens with one attached hydrogen (secondary N) is 3. The van der Waals surface area contributed by atoms with Crippen molar-refractivity contribution in [1.29, 1.82) is 0 Å². The van der Waals surface area contributed by atoms with Gasteiger partial charge in [-0.05, 0) is 43.3 Å². The average molecular weight is 325 g/mol. The molecule has 124 valence electrons. The molecule has 0 heterocycles. The molecule has 24 heavy (non-hydrogen) atoms. The van der Waals surface area contributed by atoms with Crippen molar-refractivity contribution in [3.8, 4) is 0 Å². The summed E-state index contributed by atoms with van der Waals surface area (Å²) >= 11 is 0. The van der Waals surface area contributed by atoms with E-state index in [0.29, 0.717) is 17.1 Å². The Balaban J connectivity index is 1.84. The van der Waals surface area contributed by atoms with Gasteiger partial charge in [0.2, 0.25) is 17.7 Å². The van der Waals surface area contributed by atoms with Crippen molar-refractivity contribution in [1.82, 2.24) is 0 Å². The van der Waals surface area contributed by atoms with Crippen LogP contribution >= 0.6 is 0 Å². The third-order valence-electron chi connectivity index (χ3n) is 3.15. The number of aryl methyl sites for hydroxylation is 1. The van der Waals surface area contributed by atoms with E-state index in [2.05, 4.69) is 16.0 Å². The Kier molecular flexibility index (Phi) is 5.68. The lowest BCUT2D eigenvalue weighted by Gasteiger charge is -2.08. The highest BCUT2D eigenvalue weighted by atomic mass is 16.2. The summed E-state index contributed by atoms with van der Waals surface area (Å²) in [6.07, 6.45) is -0.276. The minimum absolute atomic E-state index is 0.167. The fourth-order valence-corrected chi connectivity index (χ4v) is 2.03. The molecule has 0 aliphatic heterocycles. The highest BCUT2D eigenvalue weighted by Crippen LogP contribution is 2.14. The molecule has 3 amide bonds. The van der Waals surface area contributed by atoms with E-state index in [1.807, 2.05) is 19.1 Å². The minimum atomic E-state index is -0.410. The minimum Gasteiger partial charge on any atom is -0.326 e. The zero-order chi connectivity index (χ0) is 17.5. The summed E-state index contributed by atoms with van der Waals surface area (Å²) in [6.45, 7) is 3.37. The summed E-state index contributed by atoms with van der Waals surface area (Å²) in [5, 5.41) is 7.94. The van der Waals surface area contributed by atoms with Gasteiger partial charge in [-0.25, -0.2) is 0 Å². The average Bonchev–Trinajstić information content (AvgIpc) is 2.51. The fraction of sp³-hybridized carbons (Fsp3) is 0.167. The van der Waals surface area contributed by atoms with Crippen LogP contribution in [0.15, 0.2) is 48.5 Å². The summed E-state index contributed by atoms with van der Waals surface area (Å²) in [5.41, 5.74) is 2.93. The van der Waals surface area contributed by atoms with Crippen LogP contribution in [0, 0.1) is 6.92 Å². The molecule has 0 saturated carbocycles. The summed E-state index contributed by atoms with van der Waals surface area (Å²) in [6, 6.07) is 14.0. The van der Waals surface area contributed by atoms with Gasteiger partial charge in [0.25, 0.3) is 0 Å². The van der Waals surface area contributed by atoms with Crippen LogP contribution in [0.5, 0.6) is 0 Å². The maximum atomic E-state index is 11.9. The van der Waals surface area contributed by atoms with Gasteiger partial charge in [-0.15, -0.1) is 0 Å². The van der Waals surface area contributed by atoms with E-state index in [1.54, 1.807) is 36.4 Å². The van der Waals surface area contributed by atoms with Crippen LogP contribution in [-0.4, -0.2) is 17.7 Å². The number of rotatable bonds is 5. The quantitative estimate of drug-likeness (QED) is 0.739. The first-order chi connectivity index (χ1) is 11.4. The Bertz CT molecular complexity index is 737. The van der Waals surface area contributed by atoms with Gasteiger partial charge >= 0.3 is 0 Å². The lowest BCUT2D eigenvalue weighted by Crippen LogP contribution is -2.21. The summed E-state index contributed by atoms with van der Waals surface area (Å²) in [7, 11) is 0. The monoisotopic (exact) mass is 325 g/mol. The van der Waals surface area contributed by atoms with Crippen LogP contribution in [0.2, 0.25) is 0 Å². The Morgan fingerprint density at radius 1 is 0.708 bits per heavy atom. The van der Waals surface area contributed by atoms with E-state index in [9.17, 15) is 14.4 Å². The second-order valence-electron chi connectivity index (χ2n) is 5.40. The normalized spacial score (nSPS) is 9.92. The second-order valence-corrected chi connectivity index (χ2v) is 5.40. The smallest absolute Gasteiger partial charge is 0.233 e. The van der Waals surface area contributed by atoms with Gasteiger partial charge in [0.15, 0.2) is 0 Å². The maximum Gasteiger partial charge on any atom is 0.233 e. The fourth-order valence-electron chi connectivity index (χ4n) is 2.03. The second kappa shape index (κ2) is 7.92. The van der Waals surface area contributed by atoms with Gasteiger partial charge in [-0.2, -0.15) is 0 Å². The van der Waals surface area contributed by atoms with Crippen LogP contribution < -0.4 is 16.0 Å². The van der Waals surface area contributed by atoms with Crippen LogP contribution in [0.1, 0.15) is 18.9 Å². The molecule has 3 N–H and O–H groups in total. The third kappa shape index (κ3) is 5.57. The first-order valence-electron chi connectivity index (χ1n) is 7.46. The van der Waals surface area contributed by atoms with Crippen molar-refractivity contribution in [2.45, 2.75) is 20.3 Å². The van der Waals surface area contributed by atoms with Crippen molar-refractivity contribution in [2.24, 2.45) is 0 Å². The predicted octanol–water partition coefficient (Wildman–Crippen LogP) is 2.92. The Morgan fingerprint density at radius 3 is 1.50 bits per heavy atom. The lowest BCUT2D eigenvalue weighted by molar-refractivity contribution is -0.123. The molecule has 0 aliphatic rings. The molecule has 0 spiro atoms. The third-order valence-corrected chi connectivity index (χ3v) is 3.15. The molecule has 0 aliphatic carbocycles. The molecule has 0 unspecified atom stereocenters. The summed E-state index contributed by atoms with van der Waals surface area (Å²) < 4.78 is 0. The van der Waals surface area contributed by atoms with Crippen LogP contribution in [0.3, 0.4) is 0 Å². The SMILES string of the molecule is CC(=O)Nc1ccc(NC(=O)CC(=O)Nc2ccc(C)cc2)cc1. The number of hydrogen-bond acceptors (Lipinski definition) is 3. The van der Waals surface area contributed by atoms with E-state index >= 15 is 0 Å². The van der Waals surface area contributed by atoms with Crippen molar-refractivity contribution < 1.29 is 14.4 Å². The standard InChI is InChI=1S/C18H19N3O3/c1-12-3-5-15(6-4-12)20-17(23)11-18(24)21-16-9-7-14(8-10-16)19-13(2)22/h3-10H,11H2,1-2H3,(H,19,22)(H,20,23)(H,21,24). The van der Waals surface area contributed by atoms with Crippen molar-refractivity contribution in [3.05, 3.63) is 54.1 Å². The maximum absolute atomic E-state index is 11.9. The molecule has 0 aromatic heterocycles. The van der Waals surface area contributed by atoms with Gasteiger partial charge < -0.3 is 16.0 Å². The molecule has 6 nitrogen and oxygen atoms in total. The van der Waals surface area contributed by atoms with Gasteiger partial charge in [-0.1, -0.05) is 17.7 Å². The molecule has 0 bridgehead atoms. The molecule has 2 aromatic carbocycles. The van der Waals surface area contributed by atoms with Gasteiger partial charge in [0.05, 0.1) is 0 Å². The lowest BCUT2D eigenvalue weighted by atomic mass is 10.2. The molecular formula is C18H19N3O3. The van der Waals surface area contributed by atoms with E-state index in [1.165, 1.54) is 6.92 Å². The number of hydrogen-bond donors (Lipinski definition) is 3. The molecular weight excluding hydrogens is 306 g/mol. The Labute approximate surface area is 140 Å². The predicted molar refractivity (Wildman–Crippen MR) is 93.8 cm³/mol. The van der Waals surface area contributed by atoms with E-state index in [-0.39, 0.29) is 18.2 Å². The number of carbonyl (C=O) groups is 3. The summed E-state index contributed by atoms with van der Waals surface area (Å²) in [4.78, 5) is 34.7. The highest BCUT2D eigenvalue weighted by Gasteiger charge is 2.10. The number of carbonyl (C=O) groups excluding carboxylic acids is 3. The molecule has 0 saturated heterocycles. The molecule has 0 fully saturated rings. The zero-order valence-corrected chi connectivity index (χ0v) is 13.6. The van der Waals surface area contributed by atoms with Gasteiger partial charge in [-0.3, -0.25) is 14.4 Å². The molecule has 2 aromatic rings. The van der Waals surface area contributed by atoms with E-state index in [0.717, 1.165) is 5.56 Å².